The number of rotatable bonds is 6. The Labute approximate surface area is 126 Å². The topological polar surface area (TPSA) is 107 Å². The summed E-state index contributed by atoms with van der Waals surface area (Å²) in [5, 5.41) is 31.7. The molecule has 0 saturated carbocycles. The number of nitrogens with zero attached hydrogens (tertiary/aromatic N) is 2. The van der Waals surface area contributed by atoms with E-state index in [4.69, 9.17) is 0 Å². The van der Waals surface area contributed by atoms with Crippen LogP contribution in [0.1, 0.15) is 17.5 Å². The fourth-order valence-corrected chi connectivity index (χ4v) is 2.35. The Morgan fingerprint density at radius 1 is 0.909 bits per heavy atom. The molecule has 0 bridgehead atoms. The minimum absolute atomic E-state index is 0.0362. The summed E-state index contributed by atoms with van der Waals surface area (Å²) < 4.78 is 0. The van der Waals surface area contributed by atoms with Crippen LogP contribution in [0, 0.1) is 20.2 Å². The average Bonchev–Trinajstić information content (AvgIpc) is 2.47. The Morgan fingerprint density at radius 3 is 2.18 bits per heavy atom. The number of phenols is 1. The molecule has 0 amide bonds. The van der Waals surface area contributed by atoms with Gasteiger partial charge < -0.3 is 5.11 Å². The molecule has 114 valence electrons. The maximum absolute atomic E-state index is 11.1. The molecular formula is C15H14N2O5. The first-order chi connectivity index (χ1) is 10.5. The molecule has 0 atom stereocenters. The third-order valence-electron chi connectivity index (χ3n) is 3.35. The van der Waals surface area contributed by atoms with Crippen LogP contribution in [0.2, 0.25) is 0 Å². The first kappa shape index (κ1) is 15.4. The Bertz CT molecular complexity index is 701. The molecule has 2 rings (SSSR count). The van der Waals surface area contributed by atoms with Crippen molar-refractivity contribution in [2.45, 2.75) is 19.3 Å². The molecule has 2 aromatic rings. The van der Waals surface area contributed by atoms with E-state index < -0.39 is 21.3 Å². The molecule has 0 fully saturated rings. The van der Waals surface area contributed by atoms with Crippen LogP contribution in [0.3, 0.4) is 0 Å². The molecule has 0 radical (unpaired) electrons. The summed E-state index contributed by atoms with van der Waals surface area (Å²) in [6, 6.07) is 11.6. The largest absolute Gasteiger partial charge is 0.502 e. The molecule has 0 saturated heterocycles. The number of hydrogen-bond acceptors (Lipinski definition) is 5. The van der Waals surface area contributed by atoms with Gasteiger partial charge in [0.1, 0.15) is 5.56 Å². The lowest BCUT2D eigenvalue weighted by Crippen LogP contribution is -2.02. The van der Waals surface area contributed by atoms with Gasteiger partial charge in [0.2, 0.25) is 0 Å². The number of aromatic hydroxyl groups is 1. The van der Waals surface area contributed by atoms with Crippen LogP contribution in [0.25, 0.3) is 0 Å². The molecule has 0 spiro atoms. The fraction of sp³-hybridized carbons (Fsp3) is 0.200. The molecule has 0 aliphatic rings. The zero-order valence-electron chi connectivity index (χ0n) is 11.6. The zero-order valence-corrected chi connectivity index (χ0v) is 11.6. The van der Waals surface area contributed by atoms with Crippen molar-refractivity contribution < 1.29 is 15.0 Å². The van der Waals surface area contributed by atoms with E-state index in [0.717, 1.165) is 17.7 Å². The lowest BCUT2D eigenvalue weighted by atomic mass is 10.0. The molecule has 22 heavy (non-hydrogen) atoms. The zero-order chi connectivity index (χ0) is 16.1. The van der Waals surface area contributed by atoms with E-state index in [9.17, 15) is 25.3 Å². The molecule has 2 aromatic carbocycles. The smallest absolute Gasteiger partial charge is 0.320 e. The number of nitro groups is 2. The predicted octanol–water partition coefficient (Wildman–Crippen LogP) is 3.38. The summed E-state index contributed by atoms with van der Waals surface area (Å²) in [7, 11) is 0. The molecule has 0 unspecified atom stereocenters. The van der Waals surface area contributed by atoms with Gasteiger partial charge in [-0.1, -0.05) is 30.3 Å². The van der Waals surface area contributed by atoms with E-state index in [1.807, 2.05) is 30.3 Å². The number of phenolic OH excluding ortho intramolecular Hbond substituents is 1. The summed E-state index contributed by atoms with van der Waals surface area (Å²) in [5.41, 5.74) is 0.0960. The van der Waals surface area contributed by atoms with Crippen molar-refractivity contribution in [3.05, 3.63) is 73.8 Å². The molecule has 0 aliphatic carbocycles. The number of hydrogen-bond donors (Lipinski definition) is 1. The van der Waals surface area contributed by atoms with Crippen LogP contribution in [0.4, 0.5) is 11.4 Å². The van der Waals surface area contributed by atoms with Crippen LogP contribution in [0.5, 0.6) is 5.75 Å². The molecule has 0 aliphatic heterocycles. The molecule has 0 aromatic heterocycles. The average molecular weight is 302 g/mol. The highest BCUT2D eigenvalue weighted by molar-refractivity contribution is 5.61. The fourth-order valence-electron chi connectivity index (χ4n) is 2.35. The third kappa shape index (κ3) is 3.38. The summed E-state index contributed by atoms with van der Waals surface area (Å²) in [6.45, 7) is 0. The summed E-state index contributed by atoms with van der Waals surface area (Å²) in [4.78, 5) is 20.7. The van der Waals surface area contributed by atoms with Crippen molar-refractivity contribution in [3.8, 4) is 5.75 Å². The van der Waals surface area contributed by atoms with Crippen molar-refractivity contribution in [1.29, 1.82) is 0 Å². The second kappa shape index (κ2) is 6.66. The van der Waals surface area contributed by atoms with E-state index in [0.29, 0.717) is 12.8 Å². The number of aryl methyl sites for hydroxylation is 1. The molecule has 1 N–H and O–H groups in total. The standard InChI is InChI=1S/C15H14N2O5/c18-14-10-9-13(16(19)20)12(15(14)17(21)22)8-4-7-11-5-2-1-3-6-11/h1-3,5-6,9-10,18H,4,7-8H2. The highest BCUT2D eigenvalue weighted by Gasteiger charge is 2.28. The third-order valence-corrected chi connectivity index (χ3v) is 3.35. The van der Waals surface area contributed by atoms with Gasteiger partial charge in [0.15, 0.2) is 5.75 Å². The lowest BCUT2D eigenvalue weighted by molar-refractivity contribution is -0.396. The van der Waals surface area contributed by atoms with Crippen LogP contribution in [-0.4, -0.2) is 15.0 Å². The first-order valence-corrected chi connectivity index (χ1v) is 6.68. The van der Waals surface area contributed by atoms with Gasteiger partial charge in [-0.2, -0.15) is 0 Å². The van der Waals surface area contributed by atoms with Crippen molar-refractivity contribution in [3.63, 3.8) is 0 Å². The second-order valence-corrected chi connectivity index (χ2v) is 4.78. The van der Waals surface area contributed by atoms with E-state index in [1.54, 1.807) is 0 Å². The Hall–Kier alpha value is -2.96. The Balaban J connectivity index is 2.26. The SMILES string of the molecule is O=[N+]([O-])c1ccc(O)c([N+](=O)[O-])c1CCCc1ccccc1. The molecule has 0 heterocycles. The van der Waals surface area contributed by atoms with E-state index in [-0.39, 0.29) is 17.7 Å². The van der Waals surface area contributed by atoms with Crippen molar-refractivity contribution in [2.75, 3.05) is 0 Å². The minimum atomic E-state index is -0.778. The maximum Gasteiger partial charge on any atom is 0.320 e. The quantitative estimate of drug-likeness (QED) is 0.650. The maximum atomic E-state index is 11.1. The van der Waals surface area contributed by atoms with Crippen molar-refractivity contribution >= 4 is 11.4 Å². The van der Waals surface area contributed by atoms with Gasteiger partial charge in [-0.25, -0.2) is 0 Å². The van der Waals surface area contributed by atoms with E-state index in [1.165, 1.54) is 0 Å². The molecular weight excluding hydrogens is 288 g/mol. The predicted molar refractivity (Wildman–Crippen MR) is 79.9 cm³/mol. The summed E-state index contributed by atoms with van der Waals surface area (Å²) in [6.07, 6.45) is 1.30. The Kier molecular flexibility index (Phi) is 4.67. The van der Waals surface area contributed by atoms with Crippen molar-refractivity contribution in [1.82, 2.24) is 0 Å². The van der Waals surface area contributed by atoms with Gasteiger partial charge in [0.05, 0.1) is 9.85 Å². The van der Waals surface area contributed by atoms with Gasteiger partial charge in [-0.05, 0) is 30.9 Å². The monoisotopic (exact) mass is 302 g/mol. The van der Waals surface area contributed by atoms with E-state index >= 15 is 0 Å². The van der Waals surface area contributed by atoms with Gasteiger partial charge in [-0.15, -0.1) is 0 Å². The van der Waals surface area contributed by atoms with Gasteiger partial charge in [0.25, 0.3) is 5.69 Å². The second-order valence-electron chi connectivity index (χ2n) is 4.78. The minimum Gasteiger partial charge on any atom is -0.502 e. The number of nitro benzene ring substituents is 2. The highest BCUT2D eigenvalue weighted by Crippen LogP contribution is 2.37. The highest BCUT2D eigenvalue weighted by atomic mass is 16.6. The summed E-state index contributed by atoms with van der Waals surface area (Å²) in [5.74, 6) is -0.551. The van der Waals surface area contributed by atoms with E-state index in [2.05, 4.69) is 0 Å². The summed E-state index contributed by atoms with van der Waals surface area (Å²) >= 11 is 0. The lowest BCUT2D eigenvalue weighted by Gasteiger charge is -2.06. The number of benzene rings is 2. The van der Waals surface area contributed by atoms with Crippen LogP contribution in [0.15, 0.2) is 42.5 Å². The van der Waals surface area contributed by atoms with Crippen LogP contribution in [-0.2, 0) is 12.8 Å². The molecule has 7 heteroatoms. The van der Waals surface area contributed by atoms with Crippen LogP contribution >= 0.6 is 0 Å². The van der Waals surface area contributed by atoms with Crippen LogP contribution < -0.4 is 0 Å². The van der Waals surface area contributed by atoms with Gasteiger partial charge in [-0.3, -0.25) is 20.2 Å². The Morgan fingerprint density at radius 2 is 1.59 bits per heavy atom. The van der Waals surface area contributed by atoms with Gasteiger partial charge >= 0.3 is 5.69 Å². The molecule has 7 nitrogen and oxygen atoms in total. The van der Waals surface area contributed by atoms with Gasteiger partial charge in [0, 0.05) is 6.07 Å². The first-order valence-electron chi connectivity index (χ1n) is 6.68. The van der Waals surface area contributed by atoms with Crippen molar-refractivity contribution in [2.24, 2.45) is 0 Å². The normalized spacial score (nSPS) is 10.4.